The number of halogens is 2. The van der Waals surface area contributed by atoms with Gasteiger partial charge >= 0.3 is 0 Å². The van der Waals surface area contributed by atoms with E-state index in [1.165, 1.54) is 12.8 Å². The molecule has 1 aliphatic rings. The molecule has 5 heteroatoms. The molecule has 104 valence electrons. The lowest BCUT2D eigenvalue weighted by Crippen LogP contribution is -2.36. The lowest BCUT2D eigenvalue weighted by Gasteiger charge is -2.14. The fourth-order valence-electron chi connectivity index (χ4n) is 2.26. The van der Waals surface area contributed by atoms with E-state index >= 15 is 0 Å². The Balaban J connectivity index is 1.72. The van der Waals surface area contributed by atoms with Gasteiger partial charge in [0.1, 0.15) is 0 Å². The Hall–Kier alpha value is -0.770. The van der Waals surface area contributed by atoms with Gasteiger partial charge in [0.2, 0.25) is 5.91 Å². The molecule has 1 amide bonds. The smallest absolute Gasteiger partial charge is 0.234 e. The quantitative estimate of drug-likeness (QED) is 0.907. The monoisotopic (exact) mass is 300 g/mol. The van der Waals surface area contributed by atoms with Crippen molar-refractivity contribution in [1.29, 1.82) is 0 Å². The third kappa shape index (κ3) is 4.68. The van der Waals surface area contributed by atoms with Crippen LogP contribution in [0.25, 0.3) is 0 Å². The van der Waals surface area contributed by atoms with Crippen molar-refractivity contribution >= 4 is 29.1 Å². The second-order valence-electron chi connectivity index (χ2n) is 4.82. The molecular formula is C14H18Cl2N2O. The van der Waals surface area contributed by atoms with Crippen molar-refractivity contribution in [2.24, 2.45) is 0 Å². The standard InChI is InChI=1S/C14H18Cl2N2O/c15-12-4-3-11(13(16)9-12)5-6-17-14(19)10-18-7-1-2-8-18/h3-4,9H,1-2,5-8,10H2,(H,17,19). The van der Waals surface area contributed by atoms with Gasteiger partial charge in [0.25, 0.3) is 0 Å². The SMILES string of the molecule is O=C(CN1CCCC1)NCCc1ccc(Cl)cc1Cl. The van der Waals surface area contributed by atoms with Crippen LogP contribution >= 0.6 is 23.2 Å². The van der Waals surface area contributed by atoms with Gasteiger partial charge < -0.3 is 5.32 Å². The summed E-state index contributed by atoms with van der Waals surface area (Å²) < 4.78 is 0. The minimum Gasteiger partial charge on any atom is -0.355 e. The molecular weight excluding hydrogens is 283 g/mol. The average Bonchev–Trinajstić information content (AvgIpc) is 2.84. The van der Waals surface area contributed by atoms with Gasteiger partial charge in [-0.25, -0.2) is 0 Å². The summed E-state index contributed by atoms with van der Waals surface area (Å²) in [6.07, 6.45) is 3.13. The van der Waals surface area contributed by atoms with E-state index in [0.29, 0.717) is 23.1 Å². The zero-order valence-corrected chi connectivity index (χ0v) is 12.3. The highest BCUT2D eigenvalue weighted by molar-refractivity contribution is 6.35. The summed E-state index contributed by atoms with van der Waals surface area (Å²) in [5.74, 6) is 0.0898. The molecule has 0 aliphatic carbocycles. The topological polar surface area (TPSA) is 32.3 Å². The minimum atomic E-state index is 0.0898. The average molecular weight is 301 g/mol. The van der Waals surface area contributed by atoms with Crippen LogP contribution in [0.1, 0.15) is 18.4 Å². The molecule has 0 saturated carbocycles. The van der Waals surface area contributed by atoms with E-state index in [0.717, 1.165) is 25.1 Å². The molecule has 1 saturated heterocycles. The van der Waals surface area contributed by atoms with Crippen molar-refractivity contribution in [3.05, 3.63) is 33.8 Å². The van der Waals surface area contributed by atoms with Gasteiger partial charge in [-0.1, -0.05) is 29.3 Å². The zero-order valence-electron chi connectivity index (χ0n) is 10.8. The first-order chi connectivity index (χ1) is 9.15. The Bertz CT molecular complexity index is 445. The molecule has 3 nitrogen and oxygen atoms in total. The summed E-state index contributed by atoms with van der Waals surface area (Å²) in [6.45, 7) is 3.19. The summed E-state index contributed by atoms with van der Waals surface area (Å²) in [5, 5.41) is 4.21. The van der Waals surface area contributed by atoms with Crippen LogP contribution in [0.4, 0.5) is 0 Å². The van der Waals surface area contributed by atoms with E-state index < -0.39 is 0 Å². The maximum Gasteiger partial charge on any atom is 0.234 e. The van der Waals surface area contributed by atoms with Crippen molar-refractivity contribution in [3.8, 4) is 0 Å². The molecule has 0 spiro atoms. The number of likely N-dealkylation sites (tertiary alicyclic amines) is 1. The first-order valence-electron chi connectivity index (χ1n) is 6.58. The third-order valence-corrected chi connectivity index (χ3v) is 3.88. The summed E-state index contributed by atoms with van der Waals surface area (Å²) in [7, 11) is 0. The normalized spacial score (nSPS) is 15.7. The maximum atomic E-state index is 11.7. The van der Waals surface area contributed by atoms with Crippen LogP contribution in [-0.2, 0) is 11.2 Å². The molecule has 1 heterocycles. The maximum absolute atomic E-state index is 11.7. The Morgan fingerprint density at radius 3 is 2.68 bits per heavy atom. The van der Waals surface area contributed by atoms with E-state index in [1.54, 1.807) is 6.07 Å². The Morgan fingerprint density at radius 2 is 2.00 bits per heavy atom. The molecule has 1 N–H and O–H groups in total. The van der Waals surface area contributed by atoms with Crippen molar-refractivity contribution in [1.82, 2.24) is 10.2 Å². The molecule has 1 aliphatic heterocycles. The highest BCUT2D eigenvalue weighted by Crippen LogP contribution is 2.21. The van der Waals surface area contributed by atoms with Gasteiger partial charge in [-0.3, -0.25) is 9.69 Å². The Kier molecular flexibility index (Phi) is 5.49. The van der Waals surface area contributed by atoms with Crippen LogP contribution in [0.3, 0.4) is 0 Å². The molecule has 1 aromatic carbocycles. The van der Waals surface area contributed by atoms with Crippen LogP contribution in [-0.4, -0.2) is 37.0 Å². The van der Waals surface area contributed by atoms with Crippen molar-refractivity contribution in [3.63, 3.8) is 0 Å². The fourth-order valence-corrected chi connectivity index (χ4v) is 2.76. The number of rotatable bonds is 5. The van der Waals surface area contributed by atoms with Crippen LogP contribution in [0.5, 0.6) is 0 Å². The lowest BCUT2D eigenvalue weighted by atomic mass is 10.1. The summed E-state index contributed by atoms with van der Waals surface area (Å²) in [6, 6.07) is 5.44. The van der Waals surface area contributed by atoms with E-state index in [1.807, 2.05) is 12.1 Å². The Labute approximate surface area is 123 Å². The summed E-state index contributed by atoms with van der Waals surface area (Å²) in [4.78, 5) is 13.9. The molecule has 0 aromatic heterocycles. The number of carbonyl (C=O) groups excluding carboxylic acids is 1. The second-order valence-corrected chi connectivity index (χ2v) is 5.66. The number of hydrogen-bond donors (Lipinski definition) is 1. The van der Waals surface area contributed by atoms with Gasteiger partial charge in [-0.05, 0) is 50.0 Å². The van der Waals surface area contributed by atoms with Gasteiger partial charge in [0.05, 0.1) is 6.54 Å². The lowest BCUT2D eigenvalue weighted by molar-refractivity contribution is -0.121. The predicted octanol–water partition coefficient (Wildman–Crippen LogP) is 2.75. The zero-order chi connectivity index (χ0) is 13.7. The van der Waals surface area contributed by atoms with E-state index in [4.69, 9.17) is 23.2 Å². The molecule has 19 heavy (non-hydrogen) atoms. The van der Waals surface area contributed by atoms with Crippen LogP contribution < -0.4 is 5.32 Å². The highest BCUT2D eigenvalue weighted by atomic mass is 35.5. The largest absolute Gasteiger partial charge is 0.355 e. The molecule has 1 fully saturated rings. The van der Waals surface area contributed by atoms with E-state index in [-0.39, 0.29) is 5.91 Å². The van der Waals surface area contributed by atoms with E-state index in [2.05, 4.69) is 10.2 Å². The first-order valence-corrected chi connectivity index (χ1v) is 7.34. The van der Waals surface area contributed by atoms with Gasteiger partial charge in [-0.15, -0.1) is 0 Å². The highest BCUT2D eigenvalue weighted by Gasteiger charge is 2.14. The molecule has 0 atom stereocenters. The van der Waals surface area contributed by atoms with Crippen LogP contribution in [0, 0.1) is 0 Å². The number of nitrogens with one attached hydrogen (secondary N) is 1. The summed E-state index contributed by atoms with van der Waals surface area (Å²) >= 11 is 11.9. The van der Waals surface area contributed by atoms with E-state index in [9.17, 15) is 4.79 Å². The number of carbonyl (C=O) groups is 1. The van der Waals surface area contributed by atoms with Gasteiger partial charge in [0, 0.05) is 16.6 Å². The van der Waals surface area contributed by atoms with Crippen LogP contribution in [0.2, 0.25) is 10.0 Å². The third-order valence-electron chi connectivity index (χ3n) is 3.30. The van der Waals surface area contributed by atoms with Crippen LogP contribution in [0.15, 0.2) is 18.2 Å². The second kappa shape index (κ2) is 7.13. The number of benzene rings is 1. The molecule has 2 rings (SSSR count). The molecule has 0 radical (unpaired) electrons. The number of hydrogen-bond acceptors (Lipinski definition) is 2. The predicted molar refractivity (Wildman–Crippen MR) is 78.8 cm³/mol. The number of nitrogens with zero attached hydrogens (tertiary/aromatic N) is 1. The van der Waals surface area contributed by atoms with Crippen molar-refractivity contribution < 1.29 is 4.79 Å². The van der Waals surface area contributed by atoms with Gasteiger partial charge in [-0.2, -0.15) is 0 Å². The fraction of sp³-hybridized carbons (Fsp3) is 0.500. The molecule has 0 unspecified atom stereocenters. The minimum absolute atomic E-state index is 0.0898. The van der Waals surface area contributed by atoms with Crippen molar-refractivity contribution in [2.75, 3.05) is 26.2 Å². The summed E-state index contributed by atoms with van der Waals surface area (Å²) in [5.41, 5.74) is 1.01. The molecule has 0 bridgehead atoms. The Morgan fingerprint density at radius 1 is 1.26 bits per heavy atom. The molecule has 1 aromatic rings. The first kappa shape index (κ1) is 14.6. The van der Waals surface area contributed by atoms with Crippen molar-refractivity contribution in [2.45, 2.75) is 19.3 Å². The number of amides is 1. The van der Waals surface area contributed by atoms with Gasteiger partial charge in [0.15, 0.2) is 0 Å².